The van der Waals surface area contributed by atoms with Crippen molar-refractivity contribution in [2.75, 3.05) is 13.7 Å². The highest BCUT2D eigenvalue weighted by molar-refractivity contribution is 14.2. The van der Waals surface area contributed by atoms with Gasteiger partial charge >= 0.3 is 29.8 Å². The van der Waals surface area contributed by atoms with Crippen LogP contribution in [0.25, 0.3) is 0 Å². The Labute approximate surface area is 984 Å². The van der Waals surface area contributed by atoms with Crippen molar-refractivity contribution in [2.45, 2.75) is 45.9 Å². The van der Waals surface area contributed by atoms with Gasteiger partial charge in [0.2, 0.25) is 0 Å². The summed E-state index contributed by atoms with van der Waals surface area (Å²) in [4.78, 5) is 65.1. The van der Waals surface area contributed by atoms with Crippen molar-refractivity contribution in [1.29, 1.82) is 0 Å². The third kappa shape index (κ3) is 44.8. The lowest BCUT2D eigenvalue weighted by molar-refractivity contribution is -0.141. The smallest absolute Gasteiger partial charge is 0.342 e. The van der Waals surface area contributed by atoms with Gasteiger partial charge in [0.25, 0.3) is 0 Å². The van der Waals surface area contributed by atoms with Crippen molar-refractivity contribution in [3.63, 3.8) is 0 Å². The van der Waals surface area contributed by atoms with Crippen LogP contribution in [-0.4, -0.2) is 804 Å². The zero-order valence-corrected chi connectivity index (χ0v) is 87.1. The number of likely N-dealkylation sites (N-methyl/N-ethyl adjacent to an activating group) is 1. The fourth-order valence-electron chi connectivity index (χ4n) is 21.1. The number of Topliss-reactive ketones (excluding diaryl/α,β-unsaturated/α-hetero) is 1. The van der Waals surface area contributed by atoms with Gasteiger partial charge in [-0.2, -0.15) is 0 Å². The van der Waals surface area contributed by atoms with Gasteiger partial charge in [-0.25, -0.2) is 9.59 Å². The van der Waals surface area contributed by atoms with Gasteiger partial charge in [0.15, 0.2) is 0 Å². The average Bonchev–Trinajstić information content (AvgIpc) is 0.699. The minimum atomic E-state index is -5.30. The Balaban J connectivity index is 0. The highest BCUT2D eigenvalue weighted by atomic mass is 127. The zero-order valence-electron chi connectivity index (χ0n) is 83.3. The largest absolute Gasteiger partial charge is 0.480 e. The number of benzene rings is 2. The molecule has 0 amide bonds. The molecule has 2 rings (SSSR count). The number of aromatic carboxylic acids is 1. The first kappa shape index (κ1) is 151. The van der Waals surface area contributed by atoms with Gasteiger partial charge in [-0.05, 0) is 45.2 Å². The minimum Gasteiger partial charge on any atom is -0.480 e. The van der Waals surface area contributed by atoms with E-state index in [1.165, 1.54) is 52.0 Å². The molecule has 2 aromatic rings. The normalized spacial score (nSPS) is 10.9. The molecular weight excluding hydrogens is 1840 g/mol. The molecule has 14 nitrogen and oxygen atoms in total. The molecule has 548 valence electrons. The van der Waals surface area contributed by atoms with E-state index in [0.29, 0.717) is 0 Å². The zero-order chi connectivity index (χ0) is 115. The molecule has 146 heavy (non-hydrogen) atoms. The lowest BCUT2D eigenvalue weighted by Gasteiger charge is -2.62. The van der Waals surface area contributed by atoms with Crippen LogP contribution in [0.2, 0.25) is 0 Å². The molecule has 4 atom stereocenters. The summed E-state index contributed by atoms with van der Waals surface area (Å²) in [6, 6.07) is 10.2. The van der Waals surface area contributed by atoms with E-state index in [0.717, 1.165) is 0 Å². The maximum atomic E-state index is 11.9. The number of carbonyl (C=O) groups is 6. The molecule has 2 aromatic carbocycles. The van der Waals surface area contributed by atoms with E-state index in [-0.39, 0.29) is 41.1 Å². The monoisotopic (exact) mass is 1890 g/mol. The summed E-state index contributed by atoms with van der Waals surface area (Å²) < 4.78 is 9.20. The van der Waals surface area contributed by atoms with Crippen molar-refractivity contribution < 1.29 is 58.3 Å². The van der Waals surface area contributed by atoms with Crippen LogP contribution in [0, 0.1) is 0 Å². The van der Waals surface area contributed by atoms with E-state index in [1.807, 2.05) is 22.0 Å². The number of ether oxygens (including phenoxy) is 3. The van der Waals surface area contributed by atoms with Crippen LogP contribution in [0.1, 0.15) is 48.4 Å². The van der Waals surface area contributed by atoms with E-state index < -0.39 is 364 Å². The van der Waals surface area contributed by atoms with E-state index in [2.05, 4.69) is 10.1 Å². The number of nitrogens with one attached hydrogen (secondary N) is 1. The SMILES string of the molecule is CC(=O)Oc1ccccc1C(=O)O.CC(=O)Oc1ccccc1C(=O)O[C@H](C)[C@H](N)C(=O)O.CN[C@@H](CO)C(C)=O.[B]B([B])B(B([B])[B])B(B(B([B])[B])B([B])[B])B(B(B([B])[B])B([B])[B])B(B(B(B([B])[B])B([B])[B])B(B([B])[B])B([B])[B])P(=S)(I)B(B(B(B(B([B])[B])B([B])[B])B(B([B])[B])B([B])[B])B(B(B([B])[B])B([B])[B])B(B([B])[B])B([B])[B])B(B(B(B([B])[B])B([B])[B])B(B([B])[B])B([B])[B])B(B(B([B])[B])B([B])[B])B(B([B])[B])B([B])[B]. The topological polar surface area (TPSA) is 229 Å². The second kappa shape index (κ2) is 72.1. The van der Waals surface area contributed by atoms with Gasteiger partial charge in [0.1, 0.15) is 40.6 Å². The van der Waals surface area contributed by atoms with E-state index in [9.17, 15) is 28.8 Å². The number of halogens is 1. The Kier molecular flexibility index (Phi) is 74.8. The number of carbonyl (C=O) groups excluding carboxylic acids is 4. The van der Waals surface area contributed by atoms with Gasteiger partial charge in [-0.15, -0.1) is 11.8 Å². The Bertz CT molecular complexity index is 3720. The summed E-state index contributed by atoms with van der Waals surface area (Å²) in [6.45, 7) is 5.11. The molecule has 0 saturated carbocycles. The van der Waals surface area contributed by atoms with Crippen LogP contribution in [0.3, 0.4) is 0 Å². The Morgan fingerprint density at radius 2 is 0.479 bits per heavy atom. The number of esters is 3. The highest BCUT2D eigenvalue weighted by Crippen LogP contribution is 2.64. The number of hydrogen-bond donors (Lipinski definition) is 5. The van der Waals surface area contributed by atoms with Gasteiger partial charge in [0, 0.05) is 723 Å². The summed E-state index contributed by atoms with van der Waals surface area (Å²) in [5.41, 5.74) is 5.35. The van der Waals surface area contributed by atoms with Gasteiger partial charge < -0.3 is 40.6 Å². The third-order valence-corrected chi connectivity index (χ3v) is 35.1. The summed E-state index contributed by atoms with van der Waals surface area (Å²) in [5.74, 6) is -4.24. The van der Waals surface area contributed by atoms with Crippen molar-refractivity contribution in [2.24, 2.45) is 5.73 Å². The number of ketones is 1. The number of hydrogen-bond acceptors (Lipinski definition) is 13. The standard InChI is InChI=1S/C13H15NO6.C9H8O4.C5H11NO2.B102IPS/c1-7(11(14)12(16)17)19-13(18)9-5-3-4-6-10(9)20-8(2)15;1-6(10)13-8-5-3-2-4-7(8)9(11)12;1-4(8)5(3-7)6-2;1-53(2)79(54(3)4)92(80(55(5)6)56(7)8)98(91(77(49)50)78(51)52)101(97(89(73(41)42)74(43)44)90(75(45)46)76(47)48)104(103,105)102(99(93(81(57(9)10)58(11)12)82(59(13)14)60(15)16)94(83(61(17)18)62(19)20)84(63(21)22)64(23)24)100(95(85(65(25)26)66(27)28)86(67(29)30)68(31)32)96(87(69(33)34)70(35)36)88(71(37)38)72(39)40/h3-7,11H,14H2,1-2H3,(H,16,17);2-5H,1H3,(H,11,12);5-7H,3H2,1-2H3;/t7-,11+;;5-;/m1.0./s1. The number of aliphatic hydroxyl groups excluding tert-OH is 1. The number of aliphatic hydroxyl groups is 1. The second-order valence-corrected chi connectivity index (χ2v) is 48.4. The fraction of sp³-hybridized carbons (Fsp3) is 0.333. The van der Waals surface area contributed by atoms with Crippen LogP contribution < -0.4 is 20.5 Å². The van der Waals surface area contributed by atoms with Crippen molar-refractivity contribution in [3.05, 3.63) is 59.7 Å². The molecule has 0 aliphatic heterocycles. The predicted octanol–water partition coefficient (Wildman–Crippen LogP) is -36.1. The number of carboxylic acid groups (broad SMARTS) is 2. The third-order valence-electron chi connectivity index (χ3n) is 26.8. The summed E-state index contributed by atoms with van der Waals surface area (Å²) >= 11 is 10.0. The van der Waals surface area contributed by atoms with Crippen molar-refractivity contribution in [1.82, 2.24) is 5.32 Å². The van der Waals surface area contributed by atoms with E-state index in [4.69, 9.17) is 445 Å². The molecule has 0 aliphatic rings. The Hall–Kier alpha value is 3.34. The molecule has 0 saturated heterocycles. The maximum Gasteiger partial charge on any atom is 0.342 e. The fourth-order valence-corrected chi connectivity index (χ4v) is 31.1. The number of carboxylic acids is 2. The summed E-state index contributed by atoms with van der Waals surface area (Å²) in [5, 5.41) is 28.5. The number of rotatable bonds is 60. The molecule has 0 aliphatic carbocycles. The summed E-state index contributed by atoms with van der Waals surface area (Å²) in [6.07, 6.45) is -94.0. The van der Waals surface area contributed by atoms with Gasteiger partial charge in [0.05, 0.1) is 25.1 Å². The highest BCUT2D eigenvalue weighted by Gasteiger charge is 2.70. The molecule has 0 bridgehead atoms. The van der Waals surface area contributed by atoms with E-state index in [1.54, 1.807) is 31.3 Å². The van der Waals surface area contributed by atoms with Gasteiger partial charge in [-0.1, -0.05) is 49.7 Å². The number of para-hydroxylation sites is 2. The van der Waals surface area contributed by atoms with Gasteiger partial charge in [-0.3, -0.25) is 19.2 Å². The molecule has 104 radical (unpaired) electrons. The van der Waals surface area contributed by atoms with Crippen LogP contribution in [0.15, 0.2) is 48.5 Å². The second-order valence-electron chi connectivity index (χ2n) is 37.4. The lowest BCUT2D eigenvalue weighted by Crippen LogP contribution is -2.96. The minimum absolute atomic E-state index is 0.0160. The predicted molar refractivity (Wildman–Crippen MR) is 759 cm³/mol. The van der Waals surface area contributed by atoms with Crippen LogP contribution in [-0.2, 0) is 35.7 Å². The van der Waals surface area contributed by atoms with Crippen LogP contribution in [0.5, 0.6) is 11.5 Å². The molecule has 119 heteroatoms. The maximum absolute atomic E-state index is 11.9. The lowest BCUT2D eigenvalue weighted by atomic mass is 8.26. The average molecular weight is 1870 g/mol. The number of aliphatic carboxylic acids is 1. The quantitative estimate of drug-likeness (QED) is 0.0136. The first-order valence-corrected chi connectivity index (χ1v) is 51.8. The molecule has 1 unspecified atom stereocenters. The Morgan fingerprint density at radius 1 is 0.315 bits per heavy atom. The molecule has 0 fully saturated rings. The van der Waals surface area contributed by atoms with Crippen LogP contribution >= 0.6 is 25.5 Å². The molecule has 0 spiro atoms. The van der Waals surface area contributed by atoms with Crippen molar-refractivity contribution >= 4 is 794 Å². The first-order valence-electron chi connectivity index (χ1n) is 46.1. The Morgan fingerprint density at radius 3 is 0.630 bits per heavy atom. The molecular formula is C27H34B102IN2O12PS. The first-order chi connectivity index (χ1) is 66.8. The molecule has 0 heterocycles. The molecule has 6 N–H and O–H groups in total. The summed E-state index contributed by atoms with van der Waals surface area (Å²) in [7, 11) is 371. The van der Waals surface area contributed by atoms with Crippen LogP contribution in [0.4, 0.5) is 0 Å². The number of nitrogens with two attached hydrogens (primary N) is 1. The van der Waals surface area contributed by atoms with Crippen molar-refractivity contribution in [3.8, 4) is 11.5 Å². The molecule has 0 aromatic heterocycles. The van der Waals surface area contributed by atoms with E-state index >= 15 is 0 Å².